The number of alkyl carbamates (subject to hydrolysis) is 2. The summed E-state index contributed by atoms with van der Waals surface area (Å²) in [5.41, 5.74) is -0.555. The Balaban J connectivity index is 1.61. The van der Waals surface area contributed by atoms with Crippen molar-refractivity contribution < 1.29 is 62.1 Å². The highest BCUT2D eigenvalue weighted by atomic mass is 35.5. The van der Waals surface area contributed by atoms with Gasteiger partial charge in [0.25, 0.3) is 5.69 Å². The minimum atomic E-state index is -1.69. The van der Waals surface area contributed by atoms with E-state index in [4.69, 9.17) is 44.8 Å². The van der Waals surface area contributed by atoms with E-state index in [9.17, 15) is 34.1 Å². The van der Waals surface area contributed by atoms with Gasteiger partial charge >= 0.3 is 30.2 Å². The number of imide groups is 2. The van der Waals surface area contributed by atoms with Crippen LogP contribution in [0.1, 0.15) is 26.3 Å². The Morgan fingerprint density at radius 3 is 2.05 bits per heavy atom. The van der Waals surface area contributed by atoms with E-state index in [1.807, 2.05) is 10.6 Å². The number of rotatable bonds is 13. The summed E-state index contributed by atoms with van der Waals surface area (Å²) in [4.78, 5) is 75.3. The Hall–Kier alpha value is -5.86. The zero-order valence-corrected chi connectivity index (χ0v) is 31.3. The standard InChI is InChI=1S/C36H40ClN5O14/c1-36(2,3)56-27(43)20-51-19-26-28(54-34(46)41-33(45)39-24-12-8-9-13-25(24)42(48)49)29(30(31(50-4)53-26)52-18-21-10-6-5-7-11-21)55-35(47)40-32(44)38-23-16-14-22(37)15-17-23/h5-17,26,28-31H,18-20H2,1-4H3,(H2,38,40,44,47)(H2,39,41,45,46)/t26-,28+,29+,30-,31?/m1/s1. The normalized spacial score (nSPS) is 19.1. The first kappa shape index (κ1) is 42.9. The number of hydrogen-bond acceptors (Lipinski definition) is 14. The summed E-state index contributed by atoms with van der Waals surface area (Å²) in [5, 5.41) is 20.4. The van der Waals surface area contributed by atoms with Crippen LogP contribution in [-0.4, -0.2) is 91.8 Å². The predicted molar refractivity (Wildman–Crippen MR) is 197 cm³/mol. The Kier molecular flexibility index (Phi) is 15.4. The Bertz CT molecular complexity index is 1840. The van der Waals surface area contributed by atoms with Gasteiger partial charge in [-0.3, -0.25) is 10.1 Å². The number of ether oxygens (including phenoxy) is 7. The number of methoxy groups -OCH3 is 1. The van der Waals surface area contributed by atoms with Crippen LogP contribution in [0.3, 0.4) is 0 Å². The number of halogens is 1. The van der Waals surface area contributed by atoms with Gasteiger partial charge in [0.15, 0.2) is 18.5 Å². The second-order valence-corrected chi connectivity index (χ2v) is 13.3. The average molecular weight is 802 g/mol. The second-order valence-electron chi connectivity index (χ2n) is 12.8. The third-order valence-corrected chi connectivity index (χ3v) is 7.65. The Morgan fingerprint density at radius 1 is 0.821 bits per heavy atom. The summed E-state index contributed by atoms with van der Waals surface area (Å²) in [6.07, 6.45) is -10.2. The van der Waals surface area contributed by atoms with Gasteiger partial charge in [-0.2, -0.15) is 0 Å². The molecule has 1 fully saturated rings. The quantitative estimate of drug-likeness (QED) is 0.0721. The van der Waals surface area contributed by atoms with E-state index >= 15 is 0 Å². The third-order valence-electron chi connectivity index (χ3n) is 7.40. The molecule has 300 valence electrons. The molecule has 1 unspecified atom stereocenters. The lowest BCUT2D eigenvalue weighted by Crippen LogP contribution is -2.63. The first-order valence-electron chi connectivity index (χ1n) is 16.8. The Labute approximate surface area is 325 Å². The van der Waals surface area contributed by atoms with Crippen molar-refractivity contribution in [2.75, 3.05) is 31.0 Å². The number of para-hydroxylation sites is 2. The lowest BCUT2D eigenvalue weighted by Gasteiger charge is -2.44. The van der Waals surface area contributed by atoms with Crippen molar-refractivity contribution >= 4 is 58.9 Å². The highest BCUT2D eigenvalue weighted by Gasteiger charge is 2.52. The molecule has 1 saturated heterocycles. The van der Waals surface area contributed by atoms with Crippen molar-refractivity contribution in [1.82, 2.24) is 10.6 Å². The molecule has 0 bridgehead atoms. The molecule has 1 heterocycles. The summed E-state index contributed by atoms with van der Waals surface area (Å²) in [6, 6.07) is 17.7. The molecule has 19 nitrogen and oxygen atoms in total. The third kappa shape index (κ3) is 13.5. The maximum atomic E-state index is 13.3. The Morgan fingerprint density at radius 2 is 1.43 bits per heavy atom. The van der Waals surface area contributed by atoms with Crippen LogP contribution >= 0.6 is 11.6 Å². The van der Waals surface area contributed by atoms with Crippen LogP contribution in [-0.2, 0) is 44.6 Å². The van der Waals surface area contributed by atoms with Gasteiger partial charge in [0.2, 0.25) is 0 Å². The minimum absolute atomic E-state index is 0.0930. The second kappa shape index (κ2) is 20.2. The van der Waals surface area contributed by atoms with E-state index in [0.717, 1.165) is 6.07 Å². The fourth-order valence-corrected chi connectivity index (χ4v) is 5.26. The molecule has 0 spiro atoms. The van der Waals surface area contributed by atoms with Crippen molar-refractivity contribution in [2.45, 2.75) is 63.7 Å². The molecule has 56 heavy (non-hydrogen) atoms. The number of carbonyl (C=O) groups excluding carboxylic acids is 5. The van der Waals surface area contributed by atoms with E-state index in [0.29, 0.717) is 10.6 Å². The number of benzene rings is 3. The van der Waals surface area contributed by atoms with E-state index in [1.165, 1.54) is 49.6 Å². The van der Waals surface area contributed by atoms with E-state index < -0.39 is 90.3 Å². The number of nitrogens with zero attached hydrogens (tertiary/aromatic N) is 1. The molecule has 3 aromatic rings. The van der Waals surface area contributed by atoms with Gasteiger partial charge < -0.3 is 43.8 Å². The largest absolute Gasteiger partial charge is 0.458 e. The summed E-state index contributed by atoms with van der Waals surface area (Å²) in [5.74, 6) is -0.735. The molecule has 20 heteroatoms. The molecule has 4 rings (SSSR count). The van der Waals surface area contributed by atoms with Crippen LogP contribution in [0.4, 0.5) is 36.2 Å². The topological polar surface area (TPSA) is 241 Å². The van der Waals surface area contributed by atoms with Crippen molar-refractivity contribution in [3.05, 3.63) is 99.6 Å². The number of nitro groups is 1. The molecular weight excluding hydrogens is 762 g/mol. The van der Waals surface area contributed by atoms with E-state index in [1.54, 1.807) is 51.1 Å². The van der Waals surface area contributed by atoms with Crippen LogP contribution in [0.15, 0.2) is 78.9 Å². The SMILES string of the molecule is COC1O[C@H](COCC(=O)OC(C)(C)C)[C@H](OC(=O)NC(=O)Nc2ccccc2[N+](=O)[O-])[C@H](OC(=O)NC(=O)Nc2ccc(Cl)cc2)[C@H]1OCc1ccccc1. The van der Waals surface area contributed by atoms with Crippen molar-refractivity contribution in [3.63, 3.8) is 0 Å². The zero-order chi connectivity index (χ0) is 40.8. The molecule has 0 radical (unpaired) electrons. The molecule has 0 aromatic heterocycles. The van der Waals surface area contributed by atoms with Gasteiger partial charge in [-0.05, 0) is 56.7 Å². The predicted octanol–water partition coefficient (Wildman–Crippen LogP) is 5.52. The number of amides is 6. The minimum Gasteiger partial charge on any atom is -0.458 e. The van der Waals surface area contributed by atoms with Gasteiger partial charge in [0.1, 0.15) is 30.1 Å². The van der Waals surface area contributed by atoms with E-state index in [2.05, 4.69) is 10.6 Å². The summed E-state index contributed by atoms with van der Waals surface area (Å²) in [7, 11) is 1.26. The lowest BCUT2D eigenvalue weighted by molar-refractivity contribution is -0.383. The van der Waals surface area contributed by atoms with Crippen LogP contribution < -0.4 is 21.3 Å². The number of carbonyl (C=O) groups is 5. The lowest BCUT2D eigenvalue weighted by atomic mass is 9.98. The monoisotopic (exact) mass is 801 g/mol. The maximum absolute atomic E-state index is 13.3. The van der Waals surface area contributed by atoms with Crippen molar-refractivity contribution in [1.29, 1.82) is 0 Å². The summed E-state index contributed by atoms with van der Waals surface area (Å²) < 4.78 is 39.8. The van der Waals surface area contributed by atoms with Gasteiger partial charge in [0.05, 0.1) is 18.1 Å². The van der Waals surface area contributed by atoms with Gasteiger partial charge in [-0.15, -0.1) is 0 Å². The van der Waals surface area contributed by atoms with Gasteiger partial charge in [0, 0.05) is 23.9 Å². The number of nitro benzene ring substituents is 1. The number of esters is 1. The van der Waals surface area contributed by atoms with Gasteiger partial charge in [-0.25, -0.2) is 34.6 Å². The van der Waals surface area contributed by atoms with Crippen LogP contribution in [0, 0.1) is 10.1 Å². The molecule has 5 atom stereocenters. The van der Waals surface area contributed by atoms with Gasteiger partial charge in [-0.1, -0.05) is 54.1 Å². The molecule has 1 aliphatic heterocycles. The first-order valence-corrected chi connectivity index (χ1v) is 17.2. The van der Waals surface area contributed by atoms with Crippen molar-refractivity contribution in [3.8, 4) is 0 Å². The maximum Gasteiger partial charge on any atom is 0.415 e. The summed E-state index contributed by atoms with van der Waals surface area (Å²) in [6.45, 7) is 3.81. The number of anilines is 2. The number of hydrogen-bond donors (Lipinski definition) is 4. The molecule has 0 aliphatic carbocycles. The molecule has 4 N–H and O–H groups in total. The smallest absolute Gasteiger partial charge is 0.415 e. The number of nitrogens with one attached hydrogen (secondary N) is 4. The molecule has 0 saturated carbocycles. The number of urea groups is 2. The fourth-order valence-electron chi connectivity index (χ4n) is 5.13. The van der Waals surface area contributed by atoms with E-state index in [-0.39, 0.29) is 18.0 Å². The highest BCUT2D eigenvalue weighted by molar-refractivity contribution is 6.30. The van der Waals surface area contributed by atoms with Crippen molar-refractivity contribution in [2.24, 2.45) is 0 Å². The first-order chi connectivity index (χ1) is 26.6. The van der Waals surface area contributed by atoms with Crippen LogP contribution in [0.2, 0.25) is 5.02 Å². The fraction of sp³-hybridized carbons (Fsp3) is 0.361. The average Bonchev–Trinajstić information content (AvgIpc) is 3.12. The molecule has 6 amide bonds. The van der Waals surface area contributed by atoms with Crippen LogP contribution in [0.5, 0.6) is 0 Å². The molecule has 3 aromatic carbocycles. The molecular formula is C36H40ClN5O14. The highest BCUT2D eigenvalue weighted by Crippen LogP contribution is 2.30. The summed E-state index contributed by atoms with van der Waals surface area (Å²) >= 11 is 5.91. The molecule has 1 aliphatic rings. The zero-order valence-electron chi connectivity index (χ0n) is 30.6. The van der Waals surface area contributed by atoms with Crippen LogP contribution in [0.25, 0.3) is 0 Å².